The smallest absolute Gasteiger partial charge is 0.268 e. The number of carbonyl (C=O) groups excluding carboxylic acids is 2. The highest BCUT2D eigenvalue weighted by atomic mass is 19.1. The number of carbonyl (C=O) groups is 2. The Kier molecular flexibility index (Phi) is 5.48. The molecule has 32 heavy (non-hydrogen) atoms. The molecule has 0 unspecified atom stereocenters. The molecule has 0 fully saturated rings. The Morgan fingerprint density at radius 1 is 1.06 bits per heavy atom. The van der Waals surface area contributed by atoms with Crippen LogP contribution in [0.4, 0.5) is 4.39 Å². The molecule has 0 spiro atoms. The number of amides is 2. The number of aromatic nitrogens is 2. The lowest BCUT2D eigenvalue weighted by Crippen LogP contribution is -2.42. The second-order valence-electron chi connectivity index (χ2n) is 7.55. The molecule has 0 saturated heterocycles. The minimum atomic E-state index is -0.528. The molecule has 3 heterocycles. The van der Waals surface area contributed by atoms with Crippen LogP contribution in [0.15, 0.2) is 58.4 Å². The van der Waals surface area contributed by atoms with E-state index in [1.54, 1.807) is 25.5 Å². The summed E-state index contributed by atoms with van der Waals surface area (Å²) in [7, 11) is 3.01. The van der Waals surface area contributed by atoms with E-state index in [1.807, 2.05) is 0 Å². The number of benzene rings is 1. The fraction of sp³-hybridized carbons (Fsp3) is 0.217. The number of pyridine rings is 2. The molecule has 2 amide bonds. The van der Waals surface area contributed by atoms with Crippen molar-refractivity contribution in [3.63, 3.8) is 0 Å². The van der Waals surface area contributed by atoms with E-state index in [0.29, 0.717) is 16.8 Å². The highest BCUT2D eigenvalue weighted by Crippen LogP contribution is 2.23. The number of hydrogen-bond donors (Lipinski definition) is 1. The standard InChI is InChI=1S/C23H21FN4O4/c1-25-20(29)19-17-9-11-27(22(31)18-4-3-10-26(2)21(18)30)12-14(17)13-28(23(19)32)16-7-5-15(24)6-8-16/h3-8,10,13H,9,11-12H2,1-2H3,(H,25,29). The first kappa shape index (κ1) is 21.2. The van der Waals surface area contributed by atoms with Gasteiger partial charge < -0.3 is 14.8 Å². The summed E-state index contributed by atoms with van der Waals surface area (Å²) < 4.78 is 16.0. The quantitative estimate of drug-likeness (QED) is 0.669. The average Bonchev–Trinajstić information content (AvgIpc) is 2.80. The molecule has 164 valence electrons. The Morgan fingerprint density at radius 3 is 2.47 bits per heavy atom. The Labute approximate surface area is 182 Å². The van der Waals surface area contributed by atoms with E-state index in [-0.39, 0.29) is 30.6 Å². The number of fused-ring (bicyclic) bond motifs is 1. The van der Waals surface area contributed by atoms with Gasteiger partial charge in [0, 0.05) is 45.3 Å². The van der Waals surface area contributed by atoms with Gasteiger partial charge in [0.2, 0.25) is 0 Å². The molecule has 1 aromatic carbocycles. The predicted octanol–water partition coefficient (Wildman–Crippen LogP) is 1.23. The normalized spacial score (nSPS) is 12.9. The van der Waals surface area contributed by atoms with Crippen molar-refractivity contribution in [2.75, 3.05) is 13.6 Å². The topological polar surface area (TPSA) is 93.4 Å². The third kappa shape index (κ3) is 3.62. The minimum absolute atomic E-state index is 0.00273. The van der Waals surface area contributed by atoms with Gasteiger partial charge >= 0.3 is 0 Å². The Hall–Kier alpha value is -4.01. The van der Waals surface area contributed by atoms with Crippen LogP contribution < -0.4 is 16.4 Å². The van der Waals surface area contributed by atoms with Crippen molar-refractivity contribution in [2.24, 2.45) is 7.05 Å². The highest BCUT2D eigenvalue weighted by Gasteiger charge is 2.29. The summed E-state index contributed by atoms with van der Waals surface area (Å²) in [6.45, 7) is 0.381. The molecule has 0 atom stereocenters. The zero-order valence-electron chi connectivity index (χ0n) is 17.6. The second kappa shape index (κ2) is 8.26. The van der Waals surface area contributed by atoms with E-state index in [1.165, 1.54) is 51.4 Å². The number of aryl methyl sites for hydroxylation is 1. The lowest BCUT2D eigenvalue weighted by Gasteiger charge is -2.30. The summed E-state index contributed by atoms with van der Waals surface area (Å²) in [5.74, 6) is -1.40. The summed E-state index contributed by atoms with van der Waals surface area (Å²) in [4.78, 5) is 52.6. The van der Waals surface area contributed by atoms with E-state index in [2.05, 4.69) is 5.32 Å². The van der Waals surface area contributed by atoms with Gasteiger partial charge in [0.05, 0.1) is 0 Å². The van der Waals surface area contributed by atoms with E-state index in [0.717, 1.165) is 0 Å². The van der Waals surface area contributed by atoms with Crippen molar-refractivity contribution in [3.8, 4) is 5.69 Å². The molecule has 3 aromatic rings. The summed E-state index contributed by atoms with van der Waals surface area (Å²) in [6.07, 6.45) is 3.43. The third-order valence-electron chi connectivity index (χ3n) is 5.60. The third-order valence-corrected chi connectivity index (χ3v) is 5.60. The number of halogens is 1. The van der Waals surface area contributed by atoms with E-state index in [9.17, 15) is 23.6 Å². The van der Waals surface area contributed by atoms with Crippen molar-refractivity contribution in [3.05, 3.63) is 97.6 Å². The van der Waals surface area contributed by atoms with Crippen molar-refractivity contribution < 1.29 is 14.0 Å². The van der Waals surface area contributed by atoms with Crippen LogP contribution in [0.1, 0.15) is 31.8 Å². The number of hydrogen-bond acceptors (Lipinski definition) is 4. The van der Waals surface area contributed by atoms with Gasteiger partial charge in [-0.25, -0.2) is 4.39 Å². The first-order valence-electron chi connectivity index (χ1n) is 10.0. The lowest BCUT2D eigenvalue weighted by atomic mass is 9.95. The fourth-order valence-electron chi connectivity index (χ4n) is 3.91. The molecule has 0 radical (unpaired) electrons. The average molecular weight is 436 g/mol. The molecule has 0 aliphatic carbocycles. The first-order valence-corrected chi connectivity index (χ1v) is 10.0. The van der Waals surface area contributed by atoms with Crippen LogP contribution in [0, 0.1) is 5.82 Å². The largest absolute Gasteiger partial charge is 0.355 e. The molecule has 1 aliphatic rings. The maximum Gasteiger partial charge on any atom is 0.268 e. The van der Waals surface area contributed by atoms with Crippen LogP contribution in [-0.2, 0) is 20.0 Å². The SMILES string of the molecule is CNC(=O)c1c2c(cn(-c3ccc(F)cc3)c1=O)CN(C(=O)c1cccn(C)c1=O)CC2. The van der Waals surface area contributed by atoms with Crippen LogP contribution in [0.5, 0.6) is 0 Å². The fourth-order valence-corrected chi connectivity index (χ4v) is 3.91. The molecule has 4 rings (SSSR count). The van der Waals surface area contributed by atoms with Gasteiger partial charge in [0.1, 0.15) is 16.9 Å². The zero-order valence-corrected chi connectivity index (χ0v) is 17.6. The molecular formula is C23H21FN4O4. The second-order valence-corrected chi connectivity index (χ2v) is 7.55. The number of rotatable bonds is 3. The van der Waals surface area contributed by atoms with Gasteiger partial charge in [0.15, 0.2) is 0 Å². The van der Waals surface area contributed by atoms with Crippen LogP contribution in [0.3, 0.4) is 0 Å². The van der Waals surface area contributed by atoms with Crippen molar-refractivity contribution in [2.45, 2.75) is 13.0 Å². The number of nitrogens with zero attached hydrogens (tertiary/aromatic N) is 3. The van der Waals surface area contributed by atoms with Crippen molar-refractivity contribution in [1.29, 1.82) is 0 Å². The van der Waals surface area contributed by atoms with Gasteiger partial charge in [-0.2, -0.15) is 0 Å². The maximum atomic E-state index is 13.4. The number of nitrogens with one attached hydrogen (secondary N) is 1. The summed E-state index contributed by atoms with van der Waals surface area (Å²) >= 11 is 0. The van der Waals surface area contributed by atoms with Gasteiger partial charge in [-0.1, -0.05) is 0 Å². The molecule has 1 N–H and O–H groups in total. The summed E-state index contributed by atoms with van der Waals surface area (Å²) in [5.41, 5.74) is 0.702. The zero-order chi connectivity index (χ0) is 23.0. The van der Waals surface area contributed by atoms with Crippen LogP contribution in [0.25, 0.3) is 5.69 Å². The van der Waals surface area contributed by atoms with Gasteiger partial charge in [-0.15, -0.1) is 0 Å². The van der Waals surface area contributed by atoms with Crippen LogP contribution in [-0.4, -0.2) is 39.4 Å². The van der Waals surface area contributed by atoms with Gasteiger partial charge in [0.25, 0.3) is 22.9 Å². The first-order chi connectivity index (χ1) is 15.3. The minimum Gasteiger partial charge on any atom is -0.355 e. The molecule has 1 aliphatic heterocycles. The van der Waals surface area contributed by atoms with E-state index < -0.39 is 28.8 Å². The summed E-state index contributed by atoms with van der Waals surface area (Å²) in [5, 5.41) is 2.50. The Balaban J connectivity index is 1.81. The molecule has 0 saturated carbocycles. The maximum absolute atomic E-state index is 13.4. The van der Waals surface area contributed by atoms with Crippen molar-refractivity contribution in [1.82, 2.24) is 19.4 Å². The van der Waals surface area contributed by atoms with Crippen molar-refractivity contribution >= 4 is 11.8 Å². The molecular weight excluding hydrogens is 415 g/mol. The van der Waals surface area contributed by atoms with Gasteiger partial charge in [-0.05, 0) is 53.9 Å². The monoisotopic (exact) mass is 436 g/mol. The molecule has 8 nitrogen and oxygen atoms in total. The summed E-state index contributed by atoms with van der Waals surface area (Å²) in [6, 6.07) is 8.44. The van der Waals surface area contributed by atoms with Crippen LogP contribution in [0.2, 0.25) is 0 Å². The molecule has 0 bridgehead atoms. The van der Waals surface area contributed by atoms with E-state index in [4.69, 9.17) is 0 Å². The highest BCUT2D eigenvalue weighted by molar-refractivity contribution is 5.96. The van der Waals surface area contributed by atoms with Gasteiger partial charge in [-0.3, -0.25) is 23.7 Å². The Morgan fingerprint density at radius 2 is 1.78 bits per heavy atom. The predicted molar refractivity (Wildman–Crippen MR) is 116 cm³/mol. The Bertz CT molecular complexity index is 1340. The lowest BCUT2D eigenvalue weighted by molar-refractivity contribution is 0.0731. The van der Waals surface area contributed by atoms with Crippen LogP contribution >= 0.6 is 0 Å². The molecule has 2 aromatic heterocycles. The van der Waals surface area contributed by atoms with E-state index >= 15 is 0 Å². The molecule has 9 heteroatoms.